The van der Waals surface area contributed by atoms with Crippen LogP contribution in [0.1, 0.15) is 6.92 Å². The van der Waals surface area contributed by atoms with Gasteiger partial charge in [0.05, 0.1) is 11.4 Å². The van der Waals surface area contributed by atoms with Gasteiger partial charge in [-0.1, -0.05) is 30.3 Å². The Balaban J connectivity index is 1.99. The number of nitrogens with zero attached hydrogens (tertiary/aromatic N) is 2. The average Bonchev–Trinajstić information content (AvgIpc) is 2.58. The summed E-state index contributed by atoms with van der Waals surface area (Å²) in [5, 5.41) is 6.34. The van der Waals surface area contributed by atoms with E-state index in [-0.39, 0.29) is 5.82 Å². The minimum absolute atomic E-state index is 0.298. The number of anilines is 3. The Kier molecular flexibility index (Phi) is 5.05. The molecule has 24 heavy (non-hydrogen) atoms. The van der Waals surface area contributed by atoms with Gasteiger partial charge in [0.2, 0.25) is 5.95 Å². The van der Waals surface area contributed by atoms with Crippen LogP contribution in [0.2, 0.25) is 0 Å². The van der Waals surface area contributed by atoms with E-state index in [4.69, 9.17) is 0 Å². The molecule has 1 aromatic heterocycles. The molecular weight excluding hydrogens is 371 g/mol. The molecule has 0 aliphatic heterocycles. The molecule has 1 heterocycles. The molecule has 4 nitrogen and oxygen atoms in total. The van der Waals surface area contributed by atoms with E-state index >= 15 is 0 Å². The van der Waals surface area contributed by atoms with Gasteiger partial charge in [-0.3, -0.25) is 0 Å². The van der Waals surface area contributed by atoms with Gasteiger partial charge < -0.3 is 10.6 Å². The highest BCUT2D eigenvalue weighted by molar-refractivity contribution is 9.10. The topological polar surface area (TPSA) is 49.8 Å². The van der Waals surface area contributed by atoms with Gasteiger partial charge in [0.25, 0.3) is 0 Å². The van der Waals surface area contributed by atoms with Crippen LogP contribution in [0, 0.1) is 5.82 Å². The van der Waals surface area contributed by atoms with Gasteiger partial charge in [-0.15, -0.1) is 0 Å². The number of halogens is 2. The summed E-state index contributed by atoms with van der Waals surface area (Å²) >= 11 is 3.36. The molecule has 0 atom stereocenters. The van der Waals surface area contributed by atoms with Gasteiger partial charge >= 0.3 is 0 Å². The molecule has 0 saturated heterocycles. The zero-order valence-corrected chi connectivity index (χ0v) is 14.6. The van der Waals surface area contributed by atoms with Crippen LogP contribution in [-0.4, -0.2) is 16.5 Å². The standard InChI is InChI=1S/C18H16BrFN4/c1-2-21-18-23-16(12-6-4-3-5-7-12)11-17(24-18)22-15-9-8-13(20)10-14(15)19/h3-11H,2H2,1H3,(H2,21,22,23,24). The van der Waals surface area contributed by atoms with Crippen LogP contribution < -0.4 is 10.6 Å². The fraction of sp³-hybridized carbons (Fsp3) is 0.111. The number of rotatable bonds is 5. The second-order valence-electron chi connectivity index (χ2n) is 5.11. The molecule has 0 aliphatic rings. The quantitative estimate of drug-likeness (QED) is 0.630. The van der Waals surface area contributed by atoms with Crippen LogP contribution in [0.5, 0.6) is 0 Å². The van der Waals surface area contributed by atoms with Crippen molar-refractivity contribution < 1.29 is 4.39 Å². The first-order valence-electron chi connectivity index (χ1n) is 7.56. The Morgan fingerprint density at radius 1 is 1.04 bits per heavy atom. The van der Waals surface area contributed by atoms with E-state index in [0.717, 1.165) is 23.5 Å². The molecule has 0 spiro atoms. The zero-order chi connectivity index (χ0) is 16.9. The molecule has 0 saturated carbocycles. The van der Waals surface area contributed by atoms with Crippen molar-refractivity contribution in [1.82, 2.24) is 9.97 Å². The Morgan fingerprint density at radius 3 is 2.54 bits per heavy atom. The molecule has 0 unspecified atom stereocenters. The number of hydrogen-bond donors (Lipinski definition) is 2. The molecule has 122 valence electrons. The second kappa shape index (κ2) is 7.40. The molecule has 3 aromatic rings. The van der Waals surface area contributed by atoms with Crippen LogP contribution in [0.25, 0.3) is 11.3 Å². The molecule has 0 fully saturated rings. The van der Waals surface area contributed by atoms with Crippen LogP contribution in [0.15, 0.2) is 59.1 Å². The summed E-state index contributed by atoms with van der Waals surface area (Å²) < 4.78 is 13.9. The van der Waals surface area contributed by atoms with Crippen LogP contribution >= 0.6 is 15.9 Å². The van der Waals surface area contributed by atoms with Crippen molar-refractivity contribution in [1.29, 1.82) is 0 Å². The molecule has 0 bridgehead atoms. The van der Waals surface area contributed by atoms with E-state index in [1.807, 2.05) is 43.3 Å². The minimum atomic E-state index is -0.298. The van der Waals surface area contributed by atoms with Crippen molar-refractivity contribution in [2.75, 3.05) is 17.2 Å². The third kappa shape index (κ3) is 3.89. The van der Waals surface area contributed by atoms with Crippen LogP contribution in [-0.2, 0) is 0 Å². The van der Waals surface area contributed by atoms with Gasteiger partial charge in [0.1, 0.15) is 11.6 Å². The number of benzene rings is 2. The predicted octanol–water partition coefficient (Wildman–Crippen LogP) is 5.22. The van der Waals surface area contributed by atoms with Gasteiger partial charge in [-0.2, -0.15) is 4.98 Å². The number of aromatic nitrogens is 2. The predicted molar refractivity (Wildman–Crippen MR) is 99.0 cm³/mol. The Bertz CT molecular complexity index is 840. The lowest BCUT2D eigenvalue weighted by Gasteiger charge is -2.12. The largest absolute Gasteiger partial charge is 0.354 e. The highest BCUT2D eigenvalue weighted by Gasteiger charge is 2.08. The lowest BCUT2D eigenvalue weighted by atomic mass is 10.1. The third-order valence-corrected chi connectivity index (χ3v) is 3.98. The molecule has 3 rings (SSSR count). The van der Waals surface area contributed by atoms with E-state index in [2.05, 4.69) is 36.5 Å². The monoisotopic (exact) mass is 386 g/mol. The smallest absolute Gasteiger partial charge is 0.225 e. The maximum Gasteiger partial charge on any atom is 0.225 e. The summed E-state index contributed by atoms with van der Waals surface area (Å²) in [4.78, 5) is 9.00. The highest BCUT2D eigenvalue weighted by Crippen LogP contribution is 2.28. The summed E-state index contributed by atoms with van der Waals surface area (Å²) in [6, 6.07) is 16.2. The molecule has 2 N–H and O–H groups in total. The molecular formula is C18H16BrFN4. The summed E-state index contributed by atoms with van der Waals surface area (Å²) in [5.74, 6) is 0.875. The molecule has 6 heteroatoms. The molecule has 2 aromatic carbocycles. The van der Waals surface area contributed by atoms with E-state index in [0.29, 0.717) is 16.2 Å². The van der Waals surface area contributed by atoms with E-state index in [1.54, 1.807) is 6.07 Å². The van der Waals surface area contributed by atoms with Gasteiger partial charge in [-0.05, 0) is 41.1 Å². The van der Waals surface area contributed by atoms with E-state index in [9.17, 15) is 4.39 Å². The number of hydrogen-bond acceptors (Lipinski definition) is 4. The fourth-order valence-electron chi connectivity index (χ4n) is 2.23. The maximum atomic E-state index is 13.2. The van der Waals surface area contributed by atoms with Crippen molar-refractivity contribution >= 4 is 33.4 Å². The van der Waals surface area contributed by atoms with Crippen LogP contribution in [0.4, 0.5) is 21.8 Å². The Morgan fingerprint density at radius 2 is 1.83 bits per heavy atom. The summed E-state index contributed by atoms with van der Waals surface area (Å²) in [7, 11) is 0. The first-order chi connectivity index (χ1) is 11.7. The van der Waals surface area contributed by atoms with Crippen LogP contribution in [0.3, 0.4) is 0 Å². The molecule has 0 amide bonds. The first kappa shape index (κ1) is 16.4. The lowest BCUT2D eigenvalue weighted by molar-refractivity contribution is 0.627. The van der Waals surface area contributed by atoms with E-state index in [1.165, 1.54) is 12.1 Å². The highest BCUT2D eigenvalue weighted by atomic mass is 79.9. The normalized spacial score (nSPS) is 10.5. The van der Waals surface area contributed by atoms with Crippen molar-refractivity contribution in [3.8, 4) is 11.3 Å². The SMILES string of the molecule is CCNc1nc(Nc2ccc(F)cc2Br)cc(-c2ccccc2)n1. The summed E-state index contributed by atoms with van der Waals surface area (Å²) in [5.41, 5.74) is 2.54. The van der Waals surface area contributed by atoms with Crippen molar-refractivity contribution in [3.05, 3.63) is 64.9 Å². The Labute approximate surface area is 148 Å². The van der Waals surface area contributed by atoms with Crippen molar-refractivity contribution in [2.24, 2.45) is 0 Å². The fourth-order valence-corrected chi connectivity index (χ4v) is 2.68. The van der Waals surface area contributed by atoms with Crippen molar-refractivity contribution in [3.63, 3.8) is 0 Å². The number of nitrogens with one attached hydrogen (secondary N) is 2. The third-order valence-electron chi connectivity index (χ3n) is 3.32. The molecule has 0 radical (unpaired) electrons. The Hall–Kier alpha value is -2.47. The van der Waals surface area contributed by atoms with Gasteiger partial charge in [0.15, 0.2) is 0 Å². The van der Waals surface area contributed by atoms with Crippen molar-refractivity contribution in [2.45, 2.75) is 6.92 Å². The summed E-state index contributed by atoms with van der Waals surface area (Å²) in [6.07, 6.45) is 0. The maximum absolute atomic E-state index is 13.2. The van der Waals surface area contributed by atoms with Gasteiger partial charge in [0, 0.05) is 22.6 Å². The second-order valence-corrected chi connectivity index (χ2v) is 5.96. The van der Waals surface area contributed by atoms with Gasteiger partial charge in [-0.25, -0.2) is 9.37 Å². The lowest BCUT2D eigenvalue weighted by Crippen LogP contribution is -2.05. The first-order valence-corrected chi connectivity index (χ1v) is 8.35. The zero-order valence-electron chi connectivity index (χ0n) is 13.1. The van der Waals surface area contributed by atoms with E-state index < -0.39 is 0 Å². The minimum Gasteiger partial charge on any atom is -0.354 e. The summed E-state index contributed by atoms with van der Waals surface area (Å²) in [6.45, 7) is 2.71. The average molecular weight is 387 g/mol. The molecule has 0 aliphatic carbocycles.